The van der Waals surface area contributed by atoms with E-state index in [-0.39, 0.29) is 17.5 Å². The van der Waals surface area contributed by atoms with Gasteiger partial charge < -0.3 is 15.0 Å². The van der Waals surface area contributed by atoms with Crippen LogP contribution in [-0.4, -0.2) is 43.0 Å². The van der Waals surface area contributed by atoms with Crippen molar-refractivity contribution >= 4 is 33.8 Å². The molecule has 1 N–H and O–H groups in total. The summed E-state index contributed by atoms with van der Waals surface area (Å²) in [6.07, 6.45) is 1.70. The lowest BCUT2D eigenvalue weighted by Crippen LogP contribution is -2.44. The molecule has 0 radical (unpaired) electrons. The van der Waals surface area contributed by atoms with Crippen LogP contribution in [0.2, 0.25) is 0 Å². The van der Waals surface area contributed by atoms with Crippen molar-refractivity contribution < 1.29 is 14.3 Å². The van der Waals surface area contributed by atoms with Gasteiger partial charge in [0.2, 0.25) is 0 Å². The molecule has 0 aliphatic carbocycles. The van der Waals surface area contributed by atoms with E-state index in [4.69, 9.17) is 4.74 Å². The summed E-state index contributed by atoms with van der Waals surface area (Å²) in [5, 5.41) is 2.77. The van der Waals surface area contributed by atoms with Crippen molar-refractivity contribution in [3.63, 3.8) is 0 Å². The van der Waals surface area contributed by atoms with Crippen LogP contribution >= 0.6 is 15.9 Å². The molecule has 134 valence electrons. The average Bonchev–Trinajstić information content (AvgIpc) is 2.70. The van der Waals surface area contributed by atoms with Crippen LogP contribution in [0.1, 0.15) is 15.9 Å². The quantitative estimate of drug-likeness (QED) is 0.781. The van der Waals surface area contributed by atoms with Gasteiger partial charge in [0.15, 0.2) is 0 Å². The van der Waals surface area contributed by atoms with Crippen LogP contribution in [0.3, 0.4) is 0 Å². The Morgan fingerprint density at radius 2 is 1.65 bits per heavy atom. The van der Waals surface area contributed by atoms with Crippen LogP contribution < -0.4 is 5.32 Å². The monoisotopic (exact) mass is 414 g/mol. The van der Waals surface area contributed by atoms with Crippen molar-refractivity contribution in [1.82, 2.24) is 10.2 Å². The van der Waals surface area contributed by atoms with Gasteiger partial charge in [-0.3, -0.25) is 9.59 Å². The second-order valence-electron chi connectivity index (χ2n) is 5.83. The molecule has 0 aromatic heterocycles. The highest BCUT2D eigenvalue weighted by atomic mass is 79.9. The molecule has 2 aromatic carbocycles. The second kappa shape index (κ2) is 8.78. The van der Waals surface area contributed by atoms with E-state index in [1.165, 1.54) is 0 Å². The van der Waals surface area contributed by atoms with Gasteiger partial charge in [0.25, 0.3) is 11.8 Å². The van der Waals surface area contributed by atoms with E-state index < -0.39 is 0 Å². The first-order valence-electron chi connectivity index (χ1n) is 8.34. The van der Waals surface area contributed by atoms with Crippen molar-refractivity contribution in [2.75, 3.05) is 26.3 Å². The maximum Gasteiger partial charge on any atom is 0.270 e. The number of nitrogens with zero attached hydrogens (tertiary/aromatic N) is 1. The molecule has 0 bridgehead atoms. The standard InChI is InChI=1S/C20H19BrN2O3/c21-17-8-6-15(7-9-17)14-18(20(25)23-10-12-26-13-11-23)22-19(24)16-4-2-1-3-5-16/h1-9,14H,10-13H2,(H,22,24)/b18-14-. The SMILES string of the molecule is O=C(N/C(=C\c1ccc(Br)cc1)C(=O)N1CCOCC1)c1ccccc1. The minimum Gasteiger partial charge on any atom is -0.378 e. The molecule has 3 rings (SSSR count). The molecule has 5 nitrogen and oxygen atoms in total. The van der Waals surface area contributed by atoms with Gasteiger partial charge in [-0.25, -0.2) is 0 Å². The lowest BCUT2D eigenvalue weighted by Gasteiger charge is -2.27. The fraction of sp³-hybridized carbons (Fsp3) is 0.200. The molecular formula is C20H19BrN2O3. The summed E-state index contributed by atoms with van der Waals surface area (Å²) in [6, 6.07) is 16.4. The Morgan fingerprint density at radius 3 is 2.31 bits per heavy atom. The largest absolute Gasteiger partial charge is 0.378 e. The lowest BCUT2D eigenvalue weighted by atomic mass is 10.1. The average molecular weight is 415 g/mol. The number of carbonyl (C=O) groups is 2. The number of hydrogen-bond acceptors (Lipinski definition) is 3. The number of amides is 2. The number of halogens is 1. The summed E-state index contributed by atoms with van der Waals surface area (Å²) < 4.78 is 6.25. The number of rotatable bonds is 4. The minimum atomic E-state index is -0.310. The Bertz CT molecular complexity index is 798. The highest BCUT2D eigenvalue weighted by Gasteiger charge is 2.22. The van der Waals surface area contributed by atoms with Crippen LogP contribution in [0.15, 0.2) is 64.8 Å². The fourth-order valence-electron chi connectivity index (χ4n) is 2.60. The van der Waals surface area contributed by atoms with Gasteiger partial charge >= 0.3 is 0 Å². The van der Waals surface area contributed by atoms with Crippen molar-refractivity contribution in [2.45, 2.75) is 0 Å². The van der Waals surface area contributed by atoms with E-state index in [1.807, 2.05) is 30.3 Å². The van der Waals surface area contributed by atoms with E-state index in [1.54, 1.807) is 35.2 Å². The van der Waals surface area contributed by atoms with Gasteiger partial charge in [-0.1, -0.05) is 46.3 Å². The fourth-order valence-corrected chi connectivity index (χ4v) is 2.86. The normalized spacial score (nSPS) is 14.8. The lowest BCUT2D eigenvalue weighted by molar-refractivity contribution is -0.131. The summed E-state index contributed by atoms with van der Waals surface area (Å²) in [5.41, 5.74) is 1.59. The molecule has 1 heterocycles. The highest BCUT2D eigenvalue weighted by molar-refractivity contribution is 9.10. The molecule has 0 atom stereocenters. The zero-order valence-corrected chi connectivity index (χ0v) is 15.7. The van der Waals surface area contributed by atoms with Crippen molar-refractivity contribution in [1.29, 1.82) is 0 Å². The molecule has 2 amide bonds. The van der Waals surface area contributed by atoms with Gasteiger partial charge in [0.1, 0.15) is 5.70 Å². The van der Waals surface area contributed by atoms with Gasteiger partial charge in [-0.05, 0) is 35.9 Å². The number of hydrogen-bond donors (Lipinski definition) is 1. The molecule has 1 aliphatic rings. The highest BCUT2D eigenvalue weighted by Crippen LogP contribution is 2.14. The number of carbonyl (C=O) groups excluding carboxylic acids is 2. The van der Waals surface area contributed by atoms with E-state index in [2.05, 4.69) is 21.2 Å². The molecule has 6 heteroatoms. The predicted octanol–water partition coefficient (Wildman–Crippen LogP) is 3.08. The van der Waals surface area contributed by atoms with E-state index in [0.717, 1.165) is 10.0 Å². The molecule has 2 aromatic rings. The first kappa shape index (κ1) is 18.4. The Morgan fingerprint density at radius 1 is 1.00 bits per heavy atom. The minimum absolute atomic E-state index is 0.208. The van der Waals surface area contributed by atoms with E-state index in [9.17, 15) is 9.59 Å². The van der Waals surface area contributed by atoms with Gasteiger partial charge in [0, 0.05) is 23.1 Å². The van der Waals surface area contributed by atoms with Gasteiger partial charge in [-0.2, -0.15) is 0 Å². The summed E-state index contributed by atoms with van der Waals surface area (Å²) in [4.78, 5) is 27.1. The first-order chi connectivity index (χ1) is 12.6. The van der Waals surface area contributed by atoms with Gasteiger partial charge in [0.05, 0.1) is 13.2 Å². The number of morpholine rings is 1. The topological polar surface area (TPSA) is 58.6 Å². The van der Waals surface area contributed by atoms with Crippen molar-refractivity contribution in [3.8, 4) is 0 Å². The molecule has 0 spiro atoms. The van der Waals surface area contributed by atoms with Crippen LogP contribution in [0.25, 0.3) is 6.08 Å². The predicted molar refractivity (Wildman–Crippen MR) is 103 cm³/mol. The van der Waals surface area contributed by atoms with Crippen LogP contribution in [0, 0.1) is 0 Å². The van der Waals surface area contributed by atoms with Gasteiger partial charge in [-0.15, -0.1) is 0 Å². The second-order valence-corrected chi connectivity index (χ2v) is 6.75. The van der Waals surface area contributed by atoms with E-state index >= 15 is 0 Å². The molecule has 0 unspecified atom stereocenters. The summed E-state index contributed by atoms with van der Waals surface area (Å²) in [6.45, 7) is 2.03. The number of benzene rings is 2. The zero-order valence-electron chi connectivity index (χ0n) is 14.2. The Kier molecular flexibility index (Phi) is 6.20. The Hall–Kier alpha value is -2.44. The summed E-state index contributed by atoms with van der Waals surface area (Å²) in [5.74, 6) is -0.518. The summed E-state index contributed by atoms with van der Waals surface area (Å²) in [7, 11) is 0. The third-order valence-electron chi connectivity index (χ3n) is 3.99. The van der Waals surface area contributed by atoms with Crippen molar-refractivity contribution in [3.05, 3.63) is 75.9 Å². The first-order valence-corrected chi connectivity index (χ1v) is 9.13. The number of ether oxygens (including phenoxy) is 1. The molecular weight excluding hydrogens is 396 g/mol. The van der Waals surface area contributed by atoms with E-state index in [0.29, 0.717) is 31.9 Å². The maximum atomic E-state index is 12.9. The maximum absolute atomic E-state index is 12.9. The smallest absolute Gasteiger partial charge is 0.270 e. The van der Waals surface area contributed by atoms with Crippen LogP contribution in [-0.2, 0) is 9.53 Å². The molecule has 1 fully saturated rings. The van der Waals surface area contributed by atoms with Crippen LogP contribution in [0.4, 0.5) is 0 Å². The zero-order chi connectivity index (χ0) is 18.4. The van der Waals surface area contributed by atoms with Crippen LogP contribution in [0.5, 0.6) is 0 Å². The number of nitrogens with one attached hydrogen (secondary N) is 1. The summed E-state index contributed by atoms with van der Waals surface area (Å²) >= 11 is 3.39. The Balaban J connectivity index is 1.86. The molecule has 1 saturated heterocycles. The molecule has 0 saturated carbocycles. The van der Waals surface area contributed by atoms with Crippen molar-refractivity contribution in [2.24, 2.45) is 0 Å². The third-order valence-corrected chi connectivity index (χ3v) is 4.52. The molecule has 1 aliphatic heterocycles. The molecule has 26 heavy (non-hydrogen) atoms. The third kappa shape index (κ3) is 4.80. The Labute approximate surface area is 160 Å².